The highest BCUT2D eigenvalue weighted by Crippen LogP contribution is 2.26. The minimum Gasteiger partial charge on any atom is -0.206 e. The summed E-state index contributed by atoms with van der Waals surface area (Å²) in [5, 5.41) is 0. The summed E-state index contributed by atoms with van der Waals surface area (Å²) < 4.78 is 60.1. The Kier molecular flexibility index (Phi) is 4.63. The lowest BCUT2D eigenvalue weighted by atomic mass is 9.88. The zero-order valence-corrected chi connectivity index (χ0v) is 11.5. The molecule has 0 bridgehead atoms. The van der Waals surface area contributed by atoms with Gasteiger partial charge in [-0.3, -0.25) is 0 Å². The molecule has 1 aliphatic carbocycles. The summed E-state index contributed by atoms with van der Waals surface area (Å²) in [5.74, 6) is 0. The summed E-state index contributed by atoms with van der Waals surface area (Å²) in [6.07, 6.45) is 9.45. The number of sulfonamides is 1. The third-order valence-corrected chi connectivity index (χ3v) is 3.88. The average Bonchev–Trinajstić information content (AvgIpc) is 2.23. The van der Waals surface area contributed by atoms with Gasteiger partial charge in [0.05, 0.1) is 0 Å². The summed E-state index contributed by atoms with van der Waals surface area (Å²) >= 11 is 0. The summed E-state index contributed by atoms with van der Waals surface area (Å²) in [6, 6.07) is 0. The molecule has 3 nitrogen and oxygen atoms in total. The zero-order chi connectivity index (χ0) is 14.7. The van der Waals surface area contributed by atoms with Gasteiger partial charge in [0.2, 0.25) is 0 Å². The second kappa shape index (κ2) is 5.50. The molecule has 1 unspecified atom stereocenters. The van der Waals surface area contributed by atoms with Crippen molar-refractivity contribution in [3.05, 3.63) is 36.0 Å². The smallest absolute Gasteiger partial charge is 0.206 e. The molecule has 0 aliphatic heterocycles. The summed E-state index contributed by atoms with van der Waals surface area (Å²) in [5.41, 5.74) is -4.95. The largest absolute Gasteiger partial charge is 0.511 e. The van der Waals surface area contributed by atoms with Crippen LogP contribution in [0.2, 0.25) is 0 Å². The molecule has 0 saturated heterocycles. The minimum atomic E-state index is -5.30. The Balaban J connectivity index is 2.82. The second-order valence-electron chi connectivity index (χ2n) is 4.75. The fourth-order valence-electron chi connectivity index (χ4n) is 1.52. The van der Waals surface area contributed by atoms with Crippen LogP contribution in [0.4, 0.5) is 13.2 Å². The highest BCUT2D eigenvalue weighted by molar-refractivity contribution is 7.90. The molecule has 0 radical (unpaired) electrons. The van der Waals surface area contributed by atoms with Gasteiger partial charge in [-0.15, -0.1) is 0 Å². The molecular formula is C12H16F3NO2S. The molecule has 0 aromatic carbocycles. The minimum absolute atomic E-state index is 0.339. The number of hydrogen-bond acceptors (Lipinski definition) is 2. The number of halogens is 3. The van der Waals surface area contributed by atoms with Crippen molar-refractivity contribution in [1.82, 2.24) is 4.72 Å². The first-order valence-corrected chi connectivity index (χ1v) is 7.13. The van der Waals surface area contributed by atoms with Gasteiger partial charge < -0.3 is 0 Å². The van der Waals surface area contributed by atoms with Crippen LogP contribution in [0.15, 0.2) is 36.0 Å². The molecule has 1 N–H and O–H groups in total. The predicted octanol–water partition coefficient (Wildman–Crippen LogP) is 2.89. The quantitative estimate of drug-likeness (QED) is 0.814. The Hall–Kier alpha value is -1.08. The molecule has 1 rings (SSSR count). The van der Waals surface area contributed by atoms with Crippen molar-refractivity contribution >= 4 is 10.0 Å². The number of hydrogen-bond donors (Lipinski definition) is 1. The summed E-state index contributed by atoms with van der Waals surface area (Å²) in [4.78, 5) is 0. The molecule has 1 aliphatic rings. The van der Waals surface area contributed by atoms with E-state index in [9.17, 15) is 21.6 Å². The molecule has 7 heteroatoms. The van der Waals surface area contributed by atoms with Crippen LogP contribution >= 0.6 is 0 Å². The fourth-order valence-corrected chi connectivity index (χ4v) is 2.18. The number of rotatable bonds is 3. The molecule has 0 aromatic heterocycles. The Labute approximate surface area is 110 Å². The lowest BCUT2D eigenvalue weighted by Gasteiger charge is -2.23. The zero-order valence-electron chi connectivity index (χ0n) is 10.7. The molecule has 0 heterocycles. The van der Waals surface area contributed by atoms with Crippen LogP contribution in [0, 0.1) is 5.41 Å². The van der Waals surface area contributed by atoms with Crippen molar-refractivity contribution in [1.29, 1.82) is 0 Å². The van der Waals surface area contributed by atoms with Gasteiger partial charge in [-0.1, -0.05) is 42.9 Å². The Morgan fingerprint density at radius 3 is 2.58 bits per heavy atom. The van der Waals surface area contributed by atoms with Gasteiger partial charge in [-0.25, -0.2) is 13.1 Å². The first kappa shape index (κ1) is 16.0. The second-order valence-corrected chi connectivity index (χ2v) is 6.51. The van der Waals surface area contributed by atoms with Crippen LogP contribution < -0.4 is 4.72 Å². The molecule has 0 saturated carbocycles. The third kappa shape index (κ3) is 4.50. The first-order chi connectivity index (χ1) is 8.56. The van der Waals surface area contributed by atoms with Crippen LogP contribution in [-0.4, -0.2) is 20.5 Å². The van der Waals surface area contributed by atoms with E-state index in [4.69, 9.17) is 0 Å². The van der Waals surface area contributed by atoms with E-state index in [0.717, 1.165) is 5.57 Å². The van der Waals surface area contributed by atoms with Crippen LogP contribution in [-0.2, 0) is 10.0 Å². The van der Waals surface area contributed by atoms with E-state index in [1.165, 1.54) is 0 Å². The van der Waals surface area contributed by atoms with Crippen LogP contribution in [0.5, 0.6) is 0 Å². The molecular weight excluding hydrogens is 279 g/mol. The van der Waals surface area contributed by atoms with E-state index < -0.39 is 20.9 Å². The SMILES string of the molecule is CC1=CC=CC(C)(CNS(=O)(=O)C(F)(F)F)C=CC1. The summed E-state index contributed by atoms with van der Waals surface area (Å²) in [7, 11) is -5.30. The maximum atomic E-state index is 12.2. The van der Waals surface area contributed by atoms with Crippen molar-refractivity contribution in [3.63, 3.8) is 0 Å². The Morgan fingerprint density at radius 1 is 1.37 bits per heavy atom. The lowest BCUT2D eigenvalue weighted by Crippen LogP contribution is -2.41. The van der Waals surface area contributed by atoms with E-state index in [1.807, 2.05) is 19.1 Å². The maximum absolute atomic E-state index is 12.2. The molecule has 19 heavy (non-hydrogen) atoms. The molecule has 0 aromatic rings. The topological polar surface area (TPSA) is 46.2 Å². The van der Waals surface area contributed by atoms with Crippen molar-refractivity contribution in [2.75, 3.05) is 6.54 Å². The molecule has 1 atom stereocenters. The van der Waals surface area contributed by atoms with E-state index >= 15 is 0 Å². The van der Waals surface area contributed by atoms with Crippen LogP contribution in [0.1, 0.15) is 20.3 Å². The van der Waals surface area contributed by atoms with Gasteiger partial charge in [0, 0.05) is 12.0 Å². The van der Waals surface area contributed by atoms with Gasteiger partial charge in [0.15, 0.2) is 0 Å². The average molecular weight is 295 g/mol. The normalized spacial score (nSPS) is 24.8. The van der Waals surface area contributed by atoms with Gasteiger partial charge in [0.1, 0.15) is 0 Å². The van der Waals surface area contributed by atoms with Crippen molar-refractivity contribution < 1.29 is 21.6 Å². The third-order valence-electron chi connectivity index (χ3n) is 2.74. The summed E-state index contributed by atoms with van der Waals surface area (Å²) in [6.45, 7) is 3.26. The highest BCUT2D eigenvalue weighted by atomic mass is 32.2. The number of allylic oxidation sites excluding steroid dienone is 4. The first-order valence-electron chi connectivity index (χ1n) is 5.64. The maximum Gasteiger partial charge on any atom is 0.511 e. The standard InChI is InChI=1S/C12H16F3NO2S/c1-10-5-3-7-11(2,8-4-6-10)9-16-19(17,18)12(13,14)15/h3-5,7-8,16H,6,9H2,1-2H3. The van der Waals surface area contributed by atoms with Crippen molar-refractivity contribution in [3.8, 4) is 0 Å². The van der Waals surface area contributed by atoms with E-state index in [0.29, 0.717) is 6.42 Å². The van der Waals surface area contributed by atoms with Crippen LogP contribution in [0.3, 0.4) is 0 Å². The van der Waals surface area contributed by atoms with Crippen molar-refractivity contribution in [2.24, 2.45) is 5.41 Å². The Bertz CT molecular complexity index is 518. The molecule has 108 valence electrons. The Morgan fingerprint density at radius 2 is 2.00 bits per heavy atom. The molecule has 0 amide bonds. The van der Waals surface area contributed by atoms with Gasteiger partial charge >= 0.3 is 15.5 Å². The van der Waals surface area contributed by atoms with E-state index in [2.05, 4.69) is 0 Å². The number of alkyl halides is 3. The van der Waals surface area contributed by atoms with Gasteiger partial charge in [-0.05, 0) is 13.3 Å². The lowest BCUT2D eigenvalue weighted by molar-refractivity contribution is -0.0448. The van der Waals surface area contributed by atoms with Crippen molar-refractivity contribution in [2.45, 2.75) is 25.8 Å². The molecule has 0 fully saturated rings. The van der Waals surface area contributed by atoms with Crippen LogP contribution in [0.25, 0.3) is 0 Å². The molecule has 0 spiro atoms. The fraction of sp³-hybridized carbons (Fsp3) is 0.500. The van der Waals surface area contributed by atoms with Gasteiger partial charge in [-0.2, -0.15) is 13.2 Å². The van der Waals surface area contributed by atoms with E-state index in [-0.39, 0.29) is 6.54 Å². The predicted molar refractivity (Wildman–Crippen MR) is 67.7 cm³/mol. The highest BCUT2D eigenvalue weighted by Gasteiger charge is 2.46. The van der Waals surface area contributed by atoms with E-state index in [1.54, 1.807) is 29.9 Å². The number of nitrogens with one attached hydrogen (secondary N) is 1. The monoisotopic (exact) mass is 295 g/mol. The van der Waals surface area contributed by atoms with Gasteiger partial charge in [0.25, 0.3) is 0 Å².